The number of aromatic nitrogens is 1. The van der Waals surface area contributed by atoms with E-state index >= 15 is 0 Å². The molecule has 0 saturated heterocycles. The first kappa shape index (κ1) is 10.2. The van der Waals surface area contributed by atoms with Crippen LogP contribution in [0.3, 0.4) is 0 Å². The number of hydrogen-bond donors (Lipinski definition) is 0. The number of benzene rings is 1. The minimum Gasteiger partial charge on any atom is -0.486 e. The summed E-state index contributed by atoms with van der Waals surface area (Å²) in [5.41, 5.74) is 1.57. The summed E-state index contributed by atoms with van der Waals surface area (Å²) in [4.78, 5) is 3.93. The van der Waals surface area contributed by atoms with Gasteiger partial charge in [-0.05, 0) is 11.6 Å². The average molecular weight is 210 g/mol. The van der Waals surface area contributed by atoms with Crippen LogP contribution >= 0.6 is 0 Å². The fraction of sp³-hybridized carbons (Fsp3) is 0.0769. The number of rotatable bonds is 3. The Morgan fingerprint density at radius 2 is 2.00 bits per heavy atom. The largest absolute Gasteiger partial charge is 0.486 e. The van der Waals surface area contributed by atoms with Gasteiger partial charge in [-0.1, -0.05) is 30.3 Å². The van der Waals surface area contributed by atoms with Crippen LogP contribution in [0.15, 0.2) is 48.8 Å². The molecule has 0 amide bonds. The Balaban J connectivity index is 2.09. The molecule has 2 rings (SSSR count). The first-order valence-corrected chi connectivity index (χ1v) is 4.91. The average Bonchev–Trinajstić information content (AvgIpc) is 2.38. The van der Waals surface area contributed by atoms with Crippen LogP contribution in [0.5, 0.6) is 5.75 Å². The SMILES string of the molecule is N#Cc1ccncc1OCc1ccccc1. The molecule has 0 aliphatic carbocycles. The number of pyridine rings is 1. The molecule has 0 radical (unpaired) electrons. The van der Waals surface area contributed by atoms with Crippen molar-refractivity contribution in [3.63, 3.8) is 0 Å². The first-order chi connectivity index (χ1) is 7.90. The smallest absolute Gasteiger partial charge is 0.155 e. The van der Waals surface area contributed by atoms with Gasteiger partial charge in [0.1, 0.15) is 12.7 Å². The fourth-order valence-electron chi connectivity index (χ4n) is 1.32. The number of nitriles is 1. The molecule has 1 heterocycles. The van der Waals surface area contributed by atoms with Crippen LogP contribution in [0.2, 0.25) is 0 Å². The fourth-order valence-corrected chi connectivity index (χ4v) is 1.32. The summed E-state index contributed by atoms with van der Waals surface area (Å²) in [6.07, 6.45) is 3.13. The maximum absolute atomic E-state index is 8.86. The molecular weight excluding hydrogens is 200 g/mol. The molecule has 0 saturated carbocycles. The Hall–Kier alpha value is -2.34. The van der Waals surface area contributed by atoms with Gasteiger partial charge in [0.25, 0.3) is 0 Å². The quantitative estimate of drug-likeness (QED) is 0.782. The highest BCUT2D eigenvalue weighted by atomic mass is 16.5. The molecule has 0 bridgehead atoms. The summed E-state index contributed by atoms with van der Waals surface area (Å²) >= 11 is 0. The van der Waals surface area contributed by atoms with Gasteiger partial charge in [-0.3, -0.25) is 4.98 Å². The summed E-state index contributed by atoms with van der Waals surface area (Å²) in [5.74, 6) is 0.522. The van der Waals surface area contributed by atoms with Crippen LogP contribution in [-0.2, 0) is 6.61 Å². The zero-order valence-electron chi connectivity index (χ0n) is 8.63. The van der Waals surface area contributed by atoms with Gasteiger partial charge in [0.05, 0.1) is 11.8 Å². The van der Waals surface area contributed by atoms with Crippen molar-refractivity contribution in [3.8, 4) is 11.8 Å². The third kappa shape index (κ3) is 2.37. The van der Waals surface area contributed by atoms with E-state index in [-0.39, 0.29) is 0 Å². The molecule has 0 unspecified atom stereocenters. The third-order valence-electron chi connectivity index (χ3n) is 2.14. The molecule has 1 aromatic heterocycles. The molecule has 0 atom stereocenters. The molecule has 0 spiro atoms. The lowest BCUT2D eigenvalue weighted by Crippen LogP contribution is -1.97. The minimum absolute atomic E-state index is 0.446. The van der Waals surface area contributed by atoms with Crippen molar-refractivity contribution in [1.82, 2.24) is 4.98 Å². The lowest BCUT2D eigenvalue weighted by atomic mass is 10.2. The predicted octanol–water partition coefficient (Wildman–Crippen LogP) is 2.53. The van der Waals surface area contributed by atoms with Gasteiger partial charge in [-0.2, -0.15) is 5.26 Å². The van der Waals surface area contributed by atoms with E-state index in [4.69, 9.17) is 10.00 Å². The second kappa shape index (κ2) is 4.94. The predicted molar refractivity (Wildman–Crippen MR) is 59.7 cm³/mol. The van der Waals surface area contributed by atoms with Crippen LogP contribution in [-0.4, -0.2) is 4.98 Å². The molecular formula is C13H10N2O. The van der Waals surface area contributed by atoms with Crippen molar-refractivity contribution in [1.29, 1.82) is 5.26 Å². The Bertz CT molecular complexity index is 503. The van der Waals surface area contributed by atoms with Gasteiger partial charge in [0.2, 0.25) is 0 Å². The molecule has 0 aliphatic rings. The van der Waals surface area contributed by atoms with E-state index in [1.807, 2.05) is 30.3 Å². The maximum Gasteiger partial charge on any atom is 0.155 e. The van der Waals surface area contributed by atoms with E-state index in [2.05, 4.69) is 11.1 Å². The Kier molecular flexibility index (Phi) is 3.15. The molecule has 16 heavy (non-hydrogen) atoms. The Labute approximate surface area is 93.9 Å². The first-order valence-electron chi connectivity index (χ1n) is 4.91. The van der Waals surface area contributed by atoms with Crippen molar-refractivity contribution < 1.29 is 4.74 Å². The third-order valence-corrected chi connectivity index (χ3v) is 2.14. The van der Waals surface area contributed by atoms with Gasteiger partial charge in [0.15, 0.2) is 5.75 Å². The van der Waals surface area contributed by atoms with E-state index in [1.165, 1.54) is 0 Å². The highest BCUT2D eigenvalue weighted by Crippen LogP contribution is 2.16. The minimum atomic E-state index is 0.446. The van der Waals surface area contributed by atoms with Gasteiger partial charge < -0.3 is 4.74 Å². The summed E-state index contributed by atoms with van der Waals surface area (Å²) < 4.78 is 5.53. The van der Waals surface area contributed by atoms with E-state index in [0.29, 0.717) is 17.9 Å². The van der Waals surface area contributed by atoms with Crippen LogP contribution < -0.4 is 4.74 Å². The van der Waals surface area contributed by atoms with E-state index in [0.717, 1.165) is 5.56 Å². The molecule has 78 valence electrons. The van der Waals surface area contributed by atoms with Crippen molar-refractivity contribution in [2.45, 2.75) is 6.61 Å². The topological polar surface area (TPSA) is 45.9 Å². The lowest BCUT2D eigenvalue weighted by molar-refractivity contribution is 0.304. The monoisotopic (exact) mass is 210 g/mol. The van der Waals surface area contributed by atoms with Crippen LogP contribution in [0.25, 0.3) is 0 Å². The van der Waals surface area contributed by atoms with Gasteiger partial charge >= 0.3 is 0 Å². The van der Waals surface area contributed by atoms with Gasteiger partial charge in [0, 0.05) is 6.20 Å². The summed E-state index contributed by atoms with van der Waals surface area (Å²) in [5, 5.41) is 8.86. The van der Waals surface area contributed by atoms with E-state index in [1.54, 1.807) is 18.5 Å². The number of ether oxygens (including phenoxy) is 1. The van der Waals surface area contributed by atoms with Crippen LogP contribution in [0, 0.1) is 11.3 Å². The second-order valence-electron chi connectivity index (χ2n) is 3.26. The molecule has 3 heteroatoms. The Morgan fingerprint density at radius 3 is 2.75 bits per heavy atom. The summed E-state index contributed by atoms with van der Waals surface area (Å²) in [6.45, 7) is 0.446. The molecule has 0 aliphatic heterocycles. The highest BCUT2D eigenvalue weighted by molar-refractivity contribution is 5.40. The summed E-state index contributed by atoms with van der Waals surface area (Å²) in [6, 6.07) is 13.5. The van der Waals surface area contributed by atoms with Gasteiger partial charge in [-0.15, -0.1) is 0 Å². The van der Waals surface area contributed by atoms with Crippen molar-refractivity contribution in [2.24, 2.45) is 0 Å². The second-order valence-corrected chi connectivity index (χ2v) is 3.26. The normalized spacial score (nSPS) is 9.44. The molecule has 3 nitrogen and oxygen atoms in total. The van der Waals surface area contributed by atoms with E-state index in [9.17, 15) is 0 Å². The van der Waals surface area contributed by atoms with Crippen molar-refractivity contribution in [3.05, 3.63) is 59.9 Å². The number of hydrogen-bond acceptors (Lipinski definition) is 3. The Morgan fingerprint density at radius 1 is 1.19 bits per heavy atom. The zero-order chi connectivity index (χ0) is 11.2. The molecule has 0 fully saturated rings. The zero-order valence-corrected chi connectivity index (χ0v) is 8.63. The molecule has 2 aromatic rings. The van der Waals surface area contributed by atoms with Crippen LogP contribution in [0.4, 0.5) is 0 Å². The maximum atomic E-state index is 8.86. The van der Waals surface area contributed by atoms with Crippen molar-refractivity contribution in [2.75, 3.05) is 0 Å². The highest BCUT2D eigenvalue weighted by Gasteiger charge is 2.02. The molecule has 1 aromatic carbocycles. The summed E-state index contributed by atoms with van der Waals surface area (Å²) in [7, 11) is 0. The van der Waals surface area contributed by atoms with Crippen molar-refractivity contribution >= 4 is 0 Å². The van der Waals surface area contributed by atoms with Gasteiger partial charge in [-0.25, -0.2) is 0 Å². The number of nitrogens with zero attached hydrogens (tertiary/aromatic N) is 2. The standard InChI is InChI=1S/C13H10N2O/c14-8-12-6-7-15-9-13(12)16-10-11-4-2-1-3-5-11/h1-7,9H,10H2. The lowest BCUT2D eigenvalue weighted by Gasteiger charge is -2.06. The molecule has 0 N–H and O–H groups in total. The van der Waals surface area contributed by atoms with E-state index < -0.39 is 0 Å². The van der Waals surface area contributed by atoms with Crippen LogP contribution in [0.1, 0.15) is 11.1 Å².